The minimum Gasteiger partial charge on any atom is -0.449 e. The van der Waals surface area contributed by atoms with Gasteiger partial charge in [0.05, 0.1) is 11.3 Å². The average Bonchev–Trinajstić information content (AvgIpc) is 2.51. The molecule has 0 fully saturated rings. The van der Waals surface area contributed by atoms with Crippen LogP contribution in [-0.4, -0.2) is 23.0 Å². The van der Waals surface area contributed by atoms with Crippen LogP contribution in [0.15, 0.2) is 41.0 Å². The Labute approximate surface area is 144 Å². The topological polar surface area (TPSA) is 68.3 Å². The van der Waals surface area contributed by atoms with Crippen molar-refractivity contribution in [2.24, 2.45) is 0 Å². The molecule has 0 aliphatic rings. The smallest absolute Gasteiger partial charge is 0.340 e. The number of halogens is 3. The first-order chi connectivity index (χ1) is 10.9. The van der Waals surface area contributed by atoms with Gasteiger partial charge in [-0.3, -0.25) is 4.79 Å². The van der Waals surface area contributed by atoms with Crippen LogP contribution in [0.1, 0.15) is 17.3 Å². The van der Waals surface area contributed by atoms with Gasteiger partial charge in [-0.15, -0.1) is 0 Å². The number of hydrogen-bond acceptors (Lipinski definition) is 4. The average molecular weight is 402 g/mol. The number of nitrogens with zero attached hydrogens (tertiary/aromatic N) is 1. The number of rotatable bonds is 4. The summed E-state index contributed by atoms with van der Waals surface area (Å²) in [5, 5.41) is 2.61. The summed E-state index contributed by atoms with van der Waals surface area (Å²) in [6.45, 7) is 1.39. The molecule has 8 heteroatoms. The quantitative estimate of drug-likeness (QED) is 0.625. The second kappa shape index (κ2) is 7.52. The molecule has 1 amide bonds. The molecule has 2 aromatic rings. The maximum Gasteiger partial charge on any atom is 0.340 e. The minimum atomic E-state index is -1.10. The summed E-state index contributed by atoms with van der Waals surface area (Å²) < 4.78 is 18.6. The van der Waals surface area contributed by atoms with Crippen molar-refractivity contribution < 1.29 is 18.7 Å². The van der Waals surface area contributed by atoms with Gasteiger partial charge in [0, 0.05) is 10.7 Å². The Balaban J connectivity index is 2.05. The first kappa shape index (κ1) is 17.4. The molecule has 1 N–H and O–H groups in total. The fourth-order valence-corrected chi connectivity index (χ4v) is 2.22. The lowest BCUT2D eigenvalue weighted by Gasteiger charge is -2.14. The molecule has 23 heavy (non-hydrogen) atoms. The third-order valence-corrected chi connectivity index (χ3v) is 3.81. The molecule has 120 valence electrons. The summed E-state index contributed by atoms with van der Waals surface area (Å²) in [5.41, 5.74) is 0.290. The van der Waals surface area contributed by atoms with E-state index in [0.717, 1.165) is 6.07 Å². The van der Waals surface area contributed by atoms with E-state index in [1.54, 1.807) is 12.1 Å². The lowest BCUT2D eigenvalue weighted by Crippen LogP contribution is -2.30. The SMILES string of the molecule is CC(OC(=O)c1cc(F)ccc1Br)C(=O)Nc1cccnc1Cl. The Morgan fingerprint density at radius 2 is 2.13 bits per heavy atom. The monoisotopic (exact) mass is 400 g/mol. The van der Waals surface area contributed by atoms with Crippen LogP contribution in [0.2, 0.25) is 5.15 Å². The van der Waals surface area contributed by atoms with Crippen LogP contribution in [0.4, 0.5) is 10.1 Å². The zero-order valence-corrected chi connectivity index (χ0v) is 14.2. The van der Waals surface area contributed by atoms with Crippen LogP contribution < -0.4 is 5.32 Å². The fraction of sp³-hybridized carbons (Fsp3) is 0.133. The van der Waals surface area contributed by atoms with Gasteiger partial charge in [-0.1, -0.05) is 11.6 Å². The largest absolute Gasteiger partial charge is 0.449 e. The van der Waals surface area contributed by atoms with Gasteiger partial charge in [0.1, 0.15) is 5.82 Å². The predicted octanol–water partition coefficient (Wildman–Crippen LogP) is 3.82. The highest BCUT2D eigenvalue weighted by Gasteiger charge is 2.21. The fourth-order valence-electron chi connectivity index (χ4n) is 1.65. The van der Waals surface area contributed by atoms with Crippen LogP contribution in [0.25, 0.3) is 0 Å². The molecular formula is C15H11BrClFN2O3. The molecule has 0 saturated heterocycles. The van der Waals surface area contributed by atoms with Crippen molar-refractivity contribution in [2.75, 3.05) is 5.32 Å². The van der Waals surface area contributed by atoms with Crippen LogP contribution in [0.3, 0.4) is 0 Å². The molecule has 1 heterocycles. The molecule has 0 aliphatic carbocycles. The summed E-state index contributed by atoms with van der Waals surface area (Å²) in [7, 11) is 0. The summed E-state index contributed by atoms with van der Waals surface area (Å²) in [5.74, 6) is -1.99. The van der Waals surface area contributed by atoms with Crippen molar-refractivity contribution in [1.82, 2.24) is 4.98 Å². The number of nitrogens with one attached hydrogen (secondary N) is 1. The van der Waals surface area contributed by atoms with E-state index in [9.17, 15) is 14.0 Å². The van der Waals surface area contributed by atoms with Gasteiger partial charge in [0.15, 0.2) is 11.3 Å². The number of hydrogen-bond donors (Lipinski definition) is 1. The highest BCUT2D eigenvalue weighted by atomic mass is 79.9. The van der Waals surface area contributed by atoms with E-state index in [4.69, 9.17) is 16.3 Å². The van der Waals surface area contributed by atoms with Gasteiger partial charge in [-0.2, -0.15) is 0 Å². The van der Waals surface area contributed by atoms with Gasteiger partial charge >= 0.3 is 5.97 Å². The van der Waals surface area contributed by atoms with Crippen LogP contribution in [0, 0.1) is 5.82 Å². The van der Waals surface area contributed by atoms with Gasteiger partial charge < -0.3 is 10.1 Å². The predicted molar refractivity (Wildman–Crippen MR) is 86.9 cm³/mol. The van der Waals surface area contributed by atoms with E-state index < -0.39 is 23.8 Å². The molecule has 1 aromatic heterocycles. The number of esters is 1. The number of carbonyl (C=O) groups excluding carboxylic acids is 2. The Bertz CT molecular complexity index is 757. The Kier molecular flexibility index (Phi) is 5.68. The maximum absolute atomic E-state index is 13.2. The summed E-state index contributed by atoms with van der Waals surface area (Å²) in [4.78, 5) is 27.9. The van der Waals surface area contributed by atoms with Gasteiger partial charge in [-0.25, -0.2) is 14.2 Å². The number of aromatic nitrogens is 1. The van der Waals surface area contributed by atoms with Crippen molar-refractivity contribution in [3.8, 4) is 0 Å². The minimum absolute atomic E-state index is 0.0101. The van der Waals surface area contributed by atoms with Crippen molar-refractivity contribution in [1.29, 1.82) is 0 Å². The van der Waals surface area contributed by atoms with E-state index in [0.29, 0.717) is 10.2 Å². The first-order valence-corrected chi connectivity index (χ1v) is 7.63. The second-order valence-electron chi connectivity index (χ2n) is 4.50. The van der Waals surface area contributed by atoms with Gasteiger partial charge in [0.2, 0.25) is 0 Å². The number of pyridine rings is 1. The van der Waals surface area contributed by atoms with Crippen molar-refractivity contribution >= 4 is 45.1 Å². The lowest BCUT2D eigenvalue weighted by molar-refractivity contribution is -0.123. The molecule has 5 nitrogen and oxygen atoms in total. The van der Waals surface area contributed by atoms with Crippen LogP contribution in [-0.2, 0) is 9.53 Å². The normalized spacial score (nSPS) is 11.7. The molecule has 0 saturated carbocycles. The number of carbonyl (C=O) groups is 2. The molecule has 1 unspecified atom stereocenters. The Morgan fingerprint density at radius 1 is 1.39 bits per heavy atom. The lowest BCUT2D eigenvalue weighted by atomic mass is 10.2. The summed E-state index contributed by atoms with van der Waals surface area (Å²) in [6, 6.07) is 6.76. The molecule has 0 radical (unpaired) electrons. The van der Waals surface area contributed by atoms with E-state index in [1.165, 1.54) is 25.3 Å². The Morgan fingerprint density at radius 3 is 2.83 bits per heavy atom. The summed E-state index contributed by atoms with van der Waals surface area (Å²) >= 11 is 8.96. The molecule has 2 rings (SSSR count). The summed E-state index contributed by atoms with van der Waals surface area (Å²) in [6.07, 6.45) is 0.372. The standard InChI is InChI=1S/C15H11BrClFN2O3/c1-8(14(21)20-12-3-2-6-19-13(12)17)23-15(22)10-7-9(18)4-5-11(10)16/h2-8H,1H3,(H,20,21). The van der Waals surface area contributed by atoms with E-state index >= 15 is 0 Å². The third kappa shape index (κ3) is 4.49. The van der Waals surface area contributed by atoms with E-state index in [-0.39, 0.29) is 10.7 Å². The highest BCUT2D eigenvalue weighted by molar-refractivity contribution is 9.10. The Hall–Kier alpha value is -1.99. The van der Waals surface area contributed by atoms with E-state index in [2.05, 4.69) is 26.2 Å². The molecule has 1 aromatic carbocycles. The highest BCUT2D eigenvalue weighted by Crippen LogP contribution is 2.20. The maximum atomic E-state index is 13.2. The zero-order chi connectivity index (χ0) is 17.0. The number of anilines is 1. The third-order valence-electron chi connectivity index (χ3n) is 2.82. The molecular weight excluding hydrogens is 391 g/mol. The number of benzene rings is 1. The van der Waals surface area contributed by atoms with Crippen molar-refractivity contribution in [3.63, 3.8) is 0 Å². The van der Waals surface area contributed by atoms with Crippen molar-refractivity contribution in [3.05, 3.63) is 57.5 Å². The van der Waals surface area contributed by atoms with Gasteiger partial charge in [0.25, 0.3) is 5.91 Å². The molecule has 1 atom stereocenters. The number of ether oxygens (including phenoxy) is 1. The number of amides is 1. The first-order valence-electron chi connectivity index (χ1n) is 6.46. The zero-order valence-electron chi connectivity index (χ0n) is 11.8. The van der Waals surface area contributed by atoms with Crippen LogP contribution >= 0.6 is 27.5 Å². The molecule has 0 aliphatic heterocycles. The van der Waals surface area contributed by atoms with Crippen molar-refractivity contribution in [2.45, 2.75) is 13.0 Å². The molecule has 0 spiro atoms. The van der Waals surface area contributed by atoms with Crippen LogP contribution in [0.5, 0.6) is 0 Å². The second-order valence-corrected chi connectivity index (χ2v) is 5.72. The van der Waals surface area contributed by atoms with Gasteiger partial charge in [-0.05, 0) is 53.2 Å². The van der Waals surface area contributed by atoms with E-state index in [1.807, 2.05) is 0 Å². The molecule has 0 bridgehead atoms.